The van der Waals surface area contributed by atoms with E-state index < -0.39 is 5.82 Å². The maximum Gasteiger partial charge on any atom is 0.175 e. The van der Waals surface area contributed by atoms with Crippen molar-refractivity contribution in [2.75, 3.05) is 0 Å². The molecule has 0 aliphatic rings. The fraction of sp³-hybridized carbons (Fsp3) is 0. The lowest BCUT2D eigenvalue weighted by Gasteiger charge is -1.97. The zero-order valence-electron chi connectivity index (χ0n) is 6.33. The predicted octanol–water partition coefficient (Wildman–Crippen LogP) is 2.07. The van der Waals surface area contributed by atoms with Crippen LogP contribution in [-0.2, 0) is 0 Å². The molecule has 3 nitrogen and oxygen atoms in total. The Balaban J connectivity index is 3.19. The Morgan fingerprint density at radius 3 is 2.77 bits per heavy atom. The Morgan fingerprint density at radius 2 is 2.31 bits per heavy atom. The summed E-state index contributed by atoms with van der Waals surface area (Å²) >= 11 is 5.41. The smallest absolute Gasteiger partial charge is 0.175 e. The van der Waals surface area contributed by atoms with Crippen LogP contribution in [0.5, 0.6) is 0 Å². The summed E-state index contributed by atoms with van der Waals surface area (Å²) in [5.41, 5.74) is 0.145. The molecule has 13 heavy (non-hydrogen) atoms. The molecule has 1 N–H and O–H groups in total. The minimum atomic E-state index is -0.693. The summed E-state index contributed by atoms with van der Waals surface area (Å²) in [6, 6.07) is 5.34. The number of nitrogens with zero attached hydrogens (tertiary/aromatic N) is 2. The molecular formula is C8H4ClFN2O. The van der Waals surface area contributed by atoms with Gasteiger partial charge in [-0.3, -0.25) is 0 Å². The van der Waals surface area contributed by atoms with Gasteiger partial charge in [0.1, 0.15) is 11.9 Å². The van der Waals surface area contributed by atoms with Gasteiger partial charge in [-0.05, 0) is 12.1 Å². The minimum Gasteiger partial charge on any atom is -0.410 e. The summed E-state index contributed by atoms with van der Waals surface area (Å²) in [7, 11) is 0. The van der Waals surface area contributed by atoms with E-state index in [2.05, 4.69) is 5.16 Å². The summed E-state index contributed by atoms with van der Waals surface area (Å²) in [4.78, 5) is 0. The van der Waals surface area contributed by atoms with E-state index in [0.717, 1.165) is 6.07 Å². The Hall–Kier alpha value is -1.60. The average molecular weight is 199 g/mol. The van der Waals surface area contributed by atoms with Gasteiger partial charge in [0.2, 0.25) is 0 Å². The highest BCUT2D eigenvalue weighted by Gasteiger charge is 2.05. The normalized spacial score (nSPS) is 11.0. The molecule has 5 heteroatoms. The molecule has 0 aromatic heterocycles. The Kier molecular flexibility index (Phi) is 2.83. The molecule has 1 rings (SSSR count). The lowest BCUT2D eigenvalue weighted by molar-refractivity contribution is 0.321. The average Bonchev–Trinajstić information content (AvgIpc) is 2.16. The molecule has 66 valence electrons. The zero-order valence-corrected chi connectivity index (χ0v) is 7.09. The van der Waals surface area contributed by atoms with E-state index in [9.17, 15) is 4.39 Å². The quantitative estimate of drug-likeness (QED) is 0.427. The van der Waals surface area contributed by atoms with Gasteiger partial charge in [0, 0.05) is 5.56 Å². The lowest BCUT2D eigenvalue weighted by Crippen LogP contribution is -1.93. The van der Waals surface area contributed by atoms with Crippen molar-refractivity contribution >= 4 is 16.8 Å². The molecule has 0 heterocycles. The molecule has 0 saturated carbocycles. The largest absolute Gasteiger partial charge is 0.410 e. The van der Waals surface area contributed by atoms with Gasteiger partial charge in [0.05, 0.1) is 5.56 Å². The first-order valence-electron chi connectivity index (χ1n) is 3.26. The van der Waals surface area contributed by atoms with E-state index in [-0.39, 0.29) is 16.3 Å². The van der Waals surface area contributed by atoms with Crippen molar-refractivity contribution in [2.45, 2.75) is 0 Å². The first kappa shape index (κ1) is 9.49. The Bertz CT molecular complexity index is 398. The second-order valence-corrected chi connectivity index (χ2v) is 2.56. The monoisotopic (exact) mass is 198 g/mol. The summed E-state index contributed by atoms with van der Waals surface area (Å²) in [5, 5.41) is 19.1. The van der Waals surface area contributed by atoms with E-state index in [1.807, 2.05) is 0 Å². The van der Waals surface area contributed by atoms with Crippen LogP contribution in [0.2, 0.25) is 0 Å². The first-order chi connectivity index (χ1) is 6.19. The standard InChI is InChI=1S/C8H4ClFN2O/c9-8(12-13)5-1-2-6(4-11)7(10)3-5/h1-3,13H. The highest BCUT2D eigenvalue weighted by atomic mass is 35.5. The number of hydrogen-bond acceptors (Lipinski definition) is 3. The van der Waals surface area contributed by atoms with Gasteiger partial charge < -0.3 is 5.21 Å². The van der Waals surface area contributed by atoms with E-state index >= 15 is 0 Å². The SMILES string of the molecule is N#Cc1ccc(C(Cl)=NO)cc1F. The van der Waals surface area contributed by atoms with Crippen molar-refractivity contribution in [1.82, 2.24) is 0 Å². The molecule has 0 bridgehead atoms. The fourth-order valence-corrected chi connectivity index (χ4v) is 0.909. The third-order valence-corrected chi connectivity index (χ3v) is 1.71. The van der Waals surface area contributed by atoms with Gasteiger partial charge in [0.25, 0.3) is 0 Å². The summed E-state index contributed by atoms with van der Waals surface area (Å²) in [6.45, 7) is 0. The Morgan fingerprint density at radius 1 is 1.62 bits per heavy atom. The van der Waals surface area contributed by atoms with E-state index in [0.29, 0.717) is 0 Å². The van der Waals surface area contributed by atoms with Crippen molar-refractivity contribution in [3.05, 3.63) is 35.1 Å². The lowest BCUT2D eigenvalue weighted by atomic mass is 10.1. The number of rotatable bonds is 1. The molecular weight excluding hydrogens is 195 g/mol. The molecule has 1 aromatic carbocycles. The maximum absolute atomic E-state index is 12.9. The van der Waals surface area contributed by atoms with Crippen LogP contribution >= 0.6 is 11.6 Å². The molecule has 0 aliphatic heterocycles. The number of hydrogen-bond donors (Lipinski definition) is 1. The van der Waals surface area contributed by atoms with Crippen LogP contribution in [0.25, 0.3) is 0 Å². The summed E-state index contributed by atoms with van der Waals surface area (Å²) < 4.78 is 12.9. The molecule has 0 amide bonds. The minimum absolute atomic E-state index is 0.0776. The van der Waals surface area contributed by atoms with E-state index in [1.54, 1.807) is 6.07 Å². The molecule has 0 aliphatic carbocycles. The molecule has 0 atom stereocenters. The van der Waals surface area contributed by atoms with Crippen molar-refractivity contribution in [2.24, 2.45) is 5.16 Å². The van der Waals surface area contributed by atoms with Gasteiger partial charge in [-0.15, -0.1) is 0 Å². The molecule has 0 fully saturated rings. The second-order valence-electron chi connectivity index (χ2n) is 2.20. The van der Waals surface area contributed by atoms with Crippen LogP contribution < -0.4 is 0 Å². The van der Waals surface area contributed by atoms with Crippen molar-refractivity contribution in [3.63, 3.8) is 0 Å². The van der Waals surface area contributed by atoms with Crippen LogP contribution in [0.15, 0.2) is 23.4 Å². The third-order valence-electron chi connectivity index (χ3n) is 1.42. The highest BCUT2D eigenvalue weighted by Crippen LogP contribution is 2.11. The van der Waals surface area contributed by atoms with Gasteiger partial charge in [-0.1, -0.05) is 22.8 Å². The van der Waals surface area contributed by atoms with E-state index in [1.165, 1.54) is 12.1 Å². The van der Waals surface area contributed by atoms with Crippen LogP contribution in [0.4, 0.5) is 4.39 Å². The number of nitriles is 1. The van der Waals surface area contributed by atoms with Gasteiger partial charge in [0.15, 0.2) is 5.17 Å². The van der Waals surface area contributed by atoms with Crippen LogP contribution in [0, 0.1) is 17.1 Å². The van der Waals surface area contributed by atoms with Gasteiger partial charge in [-0.25, -0.2) is 4.39 Å². The van der Waals surface area contributed by atoms with Crippen molar-refractivity contribution in [1.29, 1.82) is 5.26 Å². The van der Waals surface area contributed by atoms with Crippen molar-refractivity contribution < 1.29 is 9.60 Å². The predicted molar refractivity (Wildman–Crippen MR) is 45.3 cm³/mol. The number of halogens is 2. The molecule has 1 aromatic rings. The topological polar surface area (TPSA) is 56.4 Å². The Labute approximate surface area is 78.7 Å². The van der Waals surface area contributed by atoms with Crippen LogP contribution in [0.1, 0.15) is 11.1 Å². The molecule has 0 radical (unpaired) electrons. The second kappa shape index (κ2) is 3.87. The molecule has 0 saturated heterocycles. The van der Waals surface area contributed by atoms with E-state index in [4.69, 9.17) is 22.1 Å². The number of oxime groups is 1. The van der Waals surface area contributed by atoms with Crippen LogP contribution in [-0.4, -0.2) is 10.4 Å². The first-order valence-corrected chi connectivity index (χ1v) is 3.64. The maximum atomic E-state index is 12.9. The van der Waals surface area contributed by atoms with Crippen molar-refractivity contribution in [3.8, 4) is 6.07 Å². The highest BCUT2D eigenvalue weighted by molar-refractivity contribution is 6.69. The summed E-state index contributed by atoms with van der Waals surface area (Å²) in [5.74, 6) is -0.693. The fourth-order valence-electron chi connectivity index (χ4n) is 0.792. The summed E-state index contributed by atoms with van der Waals surface area (Å²) in [6.07, 6.45) is 0. The molecule has 0 spiro atoms. The molecule has 0 unspecified atom stereocenters. The number of benzene rings is 1. The van der Waals surface area contributed by atoms with Gasteiger partial charge >= 0.3 is 0 Å². The zero-order chi connectivity index (χ0) is 9.84. The van der Waals surface area contributed by atoms with Crippen LogP contribution in [0.3, 0.4) is 0 Å². The third kappa shape index (κ3) is 1.95. The van der Waals surface area contributed by atoms with Gasteiger partial charge in [-0.2, -0.15) is 5.26 Å².